The maximum Gasteiger partial charge on any atom is 0.277 e. The number of anilines is 1. The molecule has 0 fully saturated rings. The number of aromatic nitrogens is 2. The average molecular weight is 424 g/mol. The number of carbonyl (C=O) groups is 1. The van der Waals surface area contributed by atoms with Crippen LogP contribution in [-0.4, -0.2) is 21.4 Å². The quantitative estimate of drug-likeness (QED) is 0.384. The Kier molecular flexibility index (Phi) is 5.92. The Labute approximate surface area is 175 Å². The van der Waals surface area contributed by atoms with E-state index in [1.165, 1.54) is 23.1 Å². The molecule has 0 saturated heterocycles. The van der Waals surface area contributed by atoms with Gasteiger partial charge in [-0.05, 0) is 54.8 Å². The average Bonchev–Trinajstić information content (AvgIpc) is 3.42. The summed E-state index contributed by atoms with van der Waals surface area (Å²) in [6.07, 6.45) is 0. The number of nitrogens with one attached hydrogen (secondary N) is 1. The fourth-order valence-electron chi connectivity index (χ4n) is 2.44. The first-order valence-corrected chi connectivity index (χ1v) is 10.6. The Hall–Kier alpha value is -3.10. The molecule has 1 atom stereocenters. The maximum atomic E-state index is 12.5. The van der Waals surface area contributed by atoms with Crippen molar-refractivity contribution in [1.29, 1.82) is 0 Å². The van der Waals surface area contributed by atoms with Crippen molar-refractivity contribution in [2.24, 2.45) is 0 Å². The molecule has 2 aromatic heterocycles. The van der Waals surface area contributed by atoms with E-state index < -0.39 is 5.25 Å². The van der Waals surface area contributed by atoms with E-state index in [1.807, 2.05) is 60.0 Å². The summed E-state index contributed by atoms with van der Waals surface area (Å²) in [6, 6.07) is 20.6. The zero-order valence-corrected chi connectivity index (χ0v) is 17.1. The molecule has 0 aliphatic heterocycles. The van der Waals surface area contributed by atoms with Crippen LogP contribution in [-0.2, 0) is 4.79 Å². The van der Waals surface area contributed by atoms with E-state index in [9.17, 15) is 4.79 Å². The highest BCUT2D eigenvalue weighted by Crippen LogP contribution is 2.29. The minimum absolute atomic E-state index is 0.150. The Balaban J connectivity index is 1.32. The van der Waals surface area contributed by atoms with Crippen LogP contribution in [0, 0.1) is 0 Å². The Morgan fingerprint density at radius 3 is 2.52 bits per heavy atom. The van der Waals surface area contributed by atoms with Gasteiger partial charge in [-0.3, -0.25) is 4.79 Å². The lowest BCUT2D eigenvalue weighted by Gasteiger charge is -2.11. The topological polar surface area (TPSA) is 77.2 Å². The first kappa shape index (κ1) is 19.2. The summed E-state index contributed by atoms with van der Waals surface area (Å²) >= 11 is 2.74. The van der Waals surface area contributed by atoms with Crippen LogP contribution in [0.1, 0.15) is 6.92 Å². The molecule has 4 aromatic rings. The molecule has 0 unspecified atom stereocenters. The van der Waals surface area contributed by atoms with Crippen LogP contribution in [0.5, 0.6) is 11.5 Å². The van der Waals surface area contributed by atoms with E-state index in [1.54, 1.807) is 19.1 Å². The van der Waals surface area contributed by atoms with Crippen LogP contribution in [0.25, 0.3) is 10.8 Å². The molecule has 6 nitrogen and oxygen atoms in total. The Morgan fingerprint density at radius 1 is 1.03 bits per heavy atom. The van der Waals surface area contributed by atoms with Gasteiger partial charge in [0.1, 0.15) is 11.5 Å². The molecule has 0 aliphatic carbocycles. The fourth-order valence-corrected chi connectivity index (χ4v) is 3.76. The van der Waals surface area contributed by atoms with E-state index in [-0.39, 0.29) is 5.91 Å². The summed E-state index contributed by atoms with van der Waals surface area (Å²) in [4.78, 5) is 13.4. The van der Waals surface area contributed by atoms with E-state index in [2.05, 4.69) is 15.5 Å². The van der Waals surface area contributed by atoms with Gasteiger partial charge < -0.3 is 14.5 Å². The molecule has 146 valence electrons. The van der Waals surface area contributed by atoms with Crippen molar-refractivity contribution in [3.8, 4) is 22.3 Å². The molecule has 0 aliphatic rings. The smallest absolute Gasteiger partial charge is 0.277 e. The second-order valence-electron chi connectivity index (χ2n) is 6.04. The lowest BCUT2D eigenvalue weighted by Crippen LogP contribution is -2.22. The SMILES string of the molecule is C[C@@H](Sc1nnc(-c2cccs2)o1)C(=O)Nc1ccc(Oc2ccccc2)cc1. The van der Waals surface area contributed by atoms with Crippen LogP contribution in [0.15, 0.2) is 81.8 Å². The summed E-state index contributed by atoms with van der Waals surface area (Å²) < 4.78 is 11.4. The van der Waals surface area contributed by atoms with Gasteiger partial charge in [0.05, 0.1) is 10.1 Å². The number of nitrogens with zero attached hydrogens (tertiary/aromatic N) is 2. The lowest BCUT2D eigenvalue weighted by atomic mass is 10.3. The first-order chi connectivity index (χ1) is 14.2. The largest absolute Gasteiger partial charge is 0.457 e. The standard InChI is InChI=1S/C21H17N3O3S2/c1-14(29-21-24-23-20(27-21)18-8-5-13-28-18)19(25)22-15-9-11-17(12-10-15)26-16-6-3-2-4-7-16/h2-14H,1H3,(H,22,25)/t14-/m1/s1. The van der Waals surface area contributed by atoms with Crippen molar-refractivity contribution >= 4 is 34.7 Å². The first-order valence-electron chi connectivity index (χ1n) is 8.85. The van der Waals surface area contributed by atoms with Crippen molar-refractivity contribution in [3.63, 3.8) is 0 Å². The Bertz CT molecular complexity index is 1060. The number of amides is 1. The molecule has 29 heavy (non-hydrogen) atoms. The van der Waals surface area contributed by atoms with Crippen LogP contribution < -0.4 is 10.1 Å². The highest BCUT2D eigenvalue weighted by molar-refractivity contribution is 8.00. The van der Waals surface area contributed by atoms with Crippen molar-refractivity contribution in [2.75, 3.05) is 5.32 Å². The monoisotopic (exact) mass is 423 g/mol. The van der Waals surface area contributed by atoms with Crippen molar-refractivity contribution in [2.45, 2.75) is 17.4 Å². The summed E-state index contributed by atoms with van der Waals surface area (Å²) in [5.41, 5.74) is 0.688. The molecule has 1 N–H and O–H groups in total. The molecule has 2 heterocycles. The fraction of sp³-hybridized carbons (Fsp3) is 0.0952. The number of thiophene rings is 1. The van der Waals surface area contributed by atoms with E-state index >= 15 is 0 Å². The van der Waals surface area contributed by atoms with E-state index in [0.717, 1.165) is 10.6 Å². The number of benzene rings is 2. The number of rotatable bonds is 7. The zero-order chi connectivity index (χ0) is 20.1. The summed E-state index contributed by atoms with van der Waals surface area (Å²) in [7, 11) is 0. The van der Waals surface area contributed by atoms with Gasteiger partial charge in [-0.15, -0.1) is 21.5 Å². The molecule has 2 aromatic carbocycles. The summed E-state index contributed by atoms with van der Waals surface area (Å²) in [6.45, 7) is 1.79. The predicted octanol–water partition coefficient (Wildman–Crippen LogP) is 5.71. The van der Waals surface area contributed by atoms with E-state index in [0.29, 0.717) is 22.6 Å². The van der Waals surface area contributed by atoms with Gasteiger partial charge in [0, 0.05) is 5.69 Å². The van der Waals surface area contributed by atoms with Gasteiger partial charge >= 0.3 is 0 Å². The zero-order valence-electron chi connectivity index (χ0n) is 15.4. The predicted molar refractivity (Wildman–Crippen MR) is 115 cm³/mol. The van der Waals surface area contributed by atoms with Crippen LogP contribution >= 0.6 is 23.1 Å². The molecule has 0 radical (unpaired) electrons. The molecule has 0 saturated carbocycles. The molecule has 1 amide bonds. The van der Waals surface area contributed by atoms with Crippen LogP contribution in [0.4, 0.5) is 5.69 Å². The van der Waals surface area contributed by atoms with Crippen molar-refractivity contribution < 1.29 is 13.9 Å². The normalized spacial score (nSPS) is 11.8. The number of thioether (sulfide) groups is 1. The van der Waals surface area contributed by atoms with Gasteiger partial charge in [-0.2, -0.15) is 0 Å². The highest BCUT2D eigenvalue weighted by Gasteiger charge is 2.19. The van der Waals surface area contributed by atoms with E-state index in [4.69, 9.17) is 9.15 Å². The minimum atomic E-state index is -0.396. The molecular weight excluding hydrogens is 406 g/mol. The minimum Gasteiger partial charge on any atom is -0.457 e. The third kappa shape index (κ3) is 5.04. The second-order valence-corrected chi connectivity index (χ2v) is 8.28. The third-order valence-corrected chi connectivity index (χ3v) is 5.68. The molecular formula is C21H17N3O3S2. The van der Waals surface area contributed by atoms with Gasteiger partial charge in [0.2, 0.25) is 5.91 Å². The second kappa shape index (κ2) is 8.93. The molecule has 0 bridgehead atoms. The van der Waals surface area contributed by atoms with Gasteiger partial charge in [-0.1, -0.05) is 36.0 Å². The Morgan fingerprint density at radius 2 is 1.79 bits per heavy atom. The van der Waals surface area contributed by atoms with Crippen LogP contribution in [0.2, 0.25) is 0 Å². The van der Waals surface area contributed by atoms with Gasteiger partial charge in [0.15, 0.2) is 0 Å². The number of hydrogen-bond acceptors (Lipinski definition) is 7. The van der Waals surface area contributed by atoms with Crippen LogP contribution in [0.3, 0.4) is 0 Å². The number of para-hydroxylation sites is 1. The van der Waals surface area contributed by atoms with Gasteiger partial charge in [0.25, 0.3) is 11.1 Å². The molecule has 4 rings (SSSR count). The lowest BCUT2D eigenvalue weighted by molar-refractivity contribution is -0.115. The maximum absolute atomic E-state index is 12.5. The third-order valence-electron chi connectivity index (χ3n) is 3.89. The number of carbonyl (C=O) groups excluding carboxylic acids is 1. The summed E-state index contributed by atoms with van der Waals surface area (Å²) in [5, 5.41) is 12.8. The van der Waals surface area contributed by atoms with Crippen molar-refractivity contribution in [1.82, 2.24) is 10.2 Å². The van der Waals surface area contributed by atoms with Crippen molar-refractivity contribution in [3.05, 3.63) is 72.1 Å². The number of ether oxygens (including phenoxy) is 1. The highest BCUT2D eigenvalue weighted by atomic mass is 32.2. The van der Waals surface area contributed by atoms with Gasteiger partial charge in [-0.25, -0.2) is 0 Å². The molecule has 0 spiro atoms. The number of hydrogen-bond donors (Lipinski definition) is 1. The molecule has 8 heteroatoms. The summed E-state index contributed by atoms with van der Waals surface area (Å²) in [5.74, 6) is 1.77.